The molecule has 2 atom stereocenters. The number of unbranched alkanes of at least 4 members (excludes halogenated alkanes) is 4. The number of hydrogen-bond donors (Lipinski definition) is 5. The van der Waals surface area contributed by atoms with Crippen molar-refractivity contribution in [2.24, 2.45) is 0 Å². The summed E-state index contributed by atoms with van der Waals surface area (Å²) >= 11 is 1.57. The van der Waals surface area contributed by atoms with Crippen LogP contribution in [0.2, 0.25) is 0 Å². The summed E-state index contributed by atoms with van der Waals surface area (Å²) in [6.07, 6.45) is 3.93. The Hall–Kier alpha value is -3.72. The zero-order valence-corrected chi connectivity index (χ0v) is 38.7. The summed E-state index contributed by atoms with van der Waals surface area (Å²) in [6.45, 7) is 16.9. The number of aliphatic carboxylic acids is 1. The van der Waals surface area contributed by atoms with Crippen molar-refractivity contribution in [3.8, 4) is 0 Å². The Morgan fingerprint density at radius 1 is 0.525 bits per heavy atom. The number of carboxylic acid groups (broad SMARTS) is 1. The van der Waals surface area contributed by atoms with E-state index in [4.69, 9.17) is 38.3 Å². The van der Waals surface area contributed by atoms with Crippen molar-refractivity contribution in [3.05, 3.63) is 0 Å². The first-order valence-corrected chi connectivity index (χ1v) is 22.0. The molecular formula is C41H74N4O15S. The third kappa shape index (κ3) is 37.7. The van der Waals surface area contributed by atoms with Gasteiger partial charge in [-0.2, -0.15) is 11.8 Å². The molecule has 354 valence electrons. The van der Waals surface area contributed by atoms with Gasteiger partial charge in [0.05, 0.1) is 39.6 Å². The highest BCUT2D eigenvalue weighted by atomic mass is 32.2. The number of rotatable bonds is 33. The van der Waals surface area contributed by atoms with Crippen molar-refractivity contribution in [3.63, 3.8) is 0 Å². The largest absolute Gasteiger partial charge is 0.481 e. The predicted octanol–water partition coefficient (Wildman–Crippen LogP) is 3.29. The summed E-state index contributed by atoms with van der Waals surface area (Å²) in [4.78, 5) is 84.4. The fourth-order valence-corrected chi connectivity index (χ4v) is 5.80. The minimum absolute atomic E-state index is 0.0433. The molecule has 0 spiro atoms. The van der Waals surface area contributed by atoms with E-state index in [0.717, 1.165) is 37.9 Å². The van der Waals surface area contributed by atoms with Crippen LogP contribution in [-0.4, -0.2) is 153 Å². The topological polar surface area (TPSA) is 252 Å². The summed E-state index contributed by atoms with van der Waals surface area (Å²) in [5.74, 6) is -2.12. The maximum atomic E-state index is 12.6. The number of thioether (sulfide) groups is 1. The van der Waals surface area contributed by atoms with Gasteiger partial charge in [0, 0.05) is 31.7 Å². The second kappa shape index (κ2) is 32.0. The summed E-state index contributed by atoms with van der Waals surface area (Å²) < 4.78 is 37.4. The quantitative estimate of drug-likeness (QED) is 0.0360. The molecule has 0 saturated heterocycles. The van der Waals surface area contributed by atoms with E-state index in [-0.39, 0.29) is 77.4 Å². The van der Waals surface area contributed by atoms with E-state index in [2.05, 4.69) is 21.3 Å². The highest BCUT2D eigenvalue weighted by Gasteiger charge is 2.29. The minimum atomic E-state index is -1.12. The highest BCUT2D eigenvalue weighted by molar-refractivity contribution is 7.99. The van der Waals surface area contributed by atoms with Gasteiger partial charge in [0.15, 0.2) is 0 Å². The van der Waals surface area contributed by atoms with Gasteiger partial charge in [-0.25, -0.2) is 14.4 Å². The fourth-order valence-electron chi connectivity index (χ4n) is 4.77. The molecule has 0 bridgehead atoms. The molecule has 0 fully saturated rings. The van der Waals surface area contributed by atoms with Crippen molar-refractivity contribution in [1.82, 2.24) is 21.3 Å². The van der Waals surface area contributed by atoms with E-state index < -0.39 is 58.8 Å². The van der Waals surface area contributed by atoms with Gasteiger partial charge >= 0.3 is 24.0 Å². The molecule has 0 aliphatic heterocycles. The van der Waals surface area contributed by atoms with E-state index in [1.165, 1.54) is 0 Å². The molecular weight excluding hydrogens is 821 g/mol. The molecule has 0 rings (SSSR count). The van der Waals surface area contributed by atoms with E-state index in [1.54, 1.807) is 74.1 Å². The van der Waals surface area contributed by atoms with Crippen LogP contribution in [0.5, 0.6) is 0 Å². The van der Waals surface area contributed by atoms with Crippen LogP contribution < -0.4 is 21.3 Å². The van der Waals surface area contributed by atoms with Crippen LogP contribution in [-0.2, 0) is 61.9 Å². The molecule has 0 aromatic rings. The smallest absolute Gasteiger partial charge is 0.408 e. The molecule has 0 aromatic carbocycles. The van der Waals surface area contributed by atoms with Gasteiger partial charge < -0.3 is 59.5 Å². The summed E-state index contributed by atoms with van der Waals surface area (Å²) in [5.41, 5.74) is -2.16. The number of carbonyl (C=O) groups is 7. The van der Waals surface area contributed by atoms with Gasteiger partial charge in [0.25, 0.3) is 0 Å². The zero-order chi connectivity index (χ0) is 46.3. The Kier molecular flexibility index (Phi) is 30.1. The SMILES string of the molecule is CC(C)(C)OC(=O)NC(CSCCCCCCCC(=O)NCCOCCOCC(=O)NCCOCCOCC(=O)NC(CCC(=O)O)C(=O)OC(C)(C)C)C(=O)OC(C)(C)C. The molecule has 0 aromatic heterocycles. The molecule has 0 radical (unpaired) electrons. The normalized spacial score (nSPS) is 12.7. The number of amides is 4. The molecule has 4 amide bonds. The number of carbonyl (C=O) groups excluding carboxylic acids is 6. The standard InChI is InChI=1S/C41H74N4O15S/c1-39(2,3)58-36(51)30(16-17-35(49)50)44-34(48)28-57-25-23-55-21-19-43-33(47)27-56-24-22-54-20-18-42-32(46)15-13-11-10-12-14-26-61-29-31(37(52)59-40(4,5)6)45-38(53)60-41(7,8)9/h30-31H,10-29H2,1-9H3,(H,42,46)(H,43,47)(H,44,48)(H,45,53)(H,49,50). The number of hydrogen-bond acceptors (Lipinski definition) is 15. The molecule has 0 aliphatic rings. The lowest BCUT2D eigenvalue weighted by atomic mass is 10.1. The van der Waals surface area contributed by atoms with Gasteiger partial charge in [0.2, 0.25) is 17.7 Å². The van der Waals surface area contributed by atoms with Crippen LogP contribution in [0.25, 0.3) is 0 Å². The Balaban J connectivity index is 3.85. The maximum Gasteiger partial charge on any atom is 0.408 e. The van der Waals surface area contributed by atoms with Crippen molar-refractivity contribution in [1.29, 1.82) is 0 Å². The second-order valence-corrected chi connectivity index (χ2v) is 18.1. The fraction of sp³-hybridized carbons (Fsp3) is 0.829. The monoisotopic (exact) mass is 894 g/mol. The average Bonchev–Trinajstić information content (AvgIpc) is 3.11. The van der Waals surface area contributed by atoms with Crippen LogP contribution in [0.15, 0.2) is 0 Å². The lowest BCUT2D eigenvalue weighted by molar-refractivity contribution is -0.159. The number of carboxylic acids is 1. The van der Waals surface area contributed by atoms with E-state index >= 15 is 0 Å². The number of esters is 2. The Labute approximate surface area is 365 Å². The van der Waals surface area contributed by atoms with Crippen LogP contribution in [0.1, 0.15) is 114 Å². The third-order valence-corrected chi connectivity index (χ3v) is 8.53. The minimum Gasteiger partial charge on any atom is -0.481 e. The number of ether oxygens (including phenoxy) is 7. The van der Waals surface area contributed by atoms with Gasteiger partial charge in [-0.05, 0) is 87.3 Å². The van der Waals surface area contributed by atoms with Crippen molar-refractivity contribution < 1.29 is 71.8 Å². The summed E-state index contributed by atoms with van der Waals surface area (Å²) in [6, 6.07) is -1.93. The lowest BCUT2D eigenvalue weighted by Crippen LogP contribution is -2.47. The van der Waals surface area contributed by atoms with Gasteiger partial charge in [-0.1, -0.05) is 19.3 Å². The highest BCUT2D eigenvalue weighted by Crippen LogP contribution is 2.16. The molecule has 19 nitrogen and oxygen atoms in total. The van der Waals surface area contributed by atoms with Crippen molar-refractivity contribution in [2.45, 2.75) is 143 Å². The first-order chi connectivity index (χ1) is 28.5. The summed E-state index contributed by atoms with van der Waals surface area (Å²) in [5, 5.41) is 19.5. The lowest BCUT2D eigenvalue weighted by Gasteiger charge is -2.26. The van der Waals surface area contributed by atoms with Gasteiger partial charge in [-0.15, -0.1) is 0 Å². The maximum absolute atomic E-state index is 12.6. The Bertz CT molecular complexity index is 1320. The third-order valence-electron chi connectivity index (χ3n) is 7.38. The summed E-state index contributed by atoms with van der Waals surface area (Å²) in [7, 11) is 0. The van der Waals surface area contributed by atoms with E-state index in [0.29, 0.717) is 25.3 Å². The number of alkyl carbamates (subject to hydrolysis) is 1. The first-order valence-electron chi connectivity index (χ1n) is 20.9. The molecule has 20 heteroatoms. The van der Waals surface area contributed by atoms with E-state index in [9.17, 15) is 33.6 Å². The van der Waals surface area contributed by atoms with Crippen LogP contribution in [0, 0.1) is 0 Å². The van der Waals surface area contributed by atoms with Crippen molar-refractivity contribution in [2.75, 3.05) is 77.5 Å². The average molecular weight is 895 g/mol. The molecule has 0 saturated carbocycles. The van der Waals surface area contributed by atoms with Crippen LogP contribution in [0.4, 0.5) is 4.79 Å². The second-order valence-electron chi connectivity index (χ2n) is 16.9. The Morgan fingerprint density at radius 2 is 1.00 bits per heavy atom. The predicted molar refractivity (Wildman–Crippen MR) is 228 cm³/mol. The van der Waals surface area contributed by atoms with Gasteiger partial charge in [-0.3, -0.25) is 19.2 Å². The molecule has 5 N–H and O–H groups in total. The molecule has 2 unspecified atom stereocenters. The number of nitrogens with one attached hydrogen (secondary N) is 4. The van der Waals surface area contributed by atoms with Crippen molar-refractivity contribution >= 4 is 53.5 Å². The first kappa shape index (κ1) is 57.3. The van der Waals surface area contributed by atoms with Crippen LogP contribution in [0.3, 0.4) is 0 Å². The molecule has 61 heavy (non-hydrogen) atoms. The van der Waals surface area contributed by atoms with Gasteiger partial charge in [0.1, 0.15) is 42.1 Å². The zero-order valence-electron chi connectivity index (χ0n) is 37.9. The Morgan fingerprint density at radius 3 is 1.54 bits per heavy atom. The van der Waals surface area contributed by atoms with Crippen LogP contribution >= 0.6 is 11.8 Å². The molecule has 0 aliphatic carbocycles. The van der Waals surface area contributed by atoms with E-state index in [1.807, 2.05) is 0 Å². The molecule has 0 heterocycles.